The molecule has 3 aromatic rings. The summed E-state index contributed by atoms with van der Waals surface area (Å²) >= 11 is 5.80. The van der Waals surface area contributed by atoms with Crippen molar-refractivity contribution in [1.29, 1.82) is 0 Å². The number of para-hydroxylation sites is 1. The fourth-order valence-corrected chi connectivity index (χ4v) is 2.06. The summed E-state index contributed by atoms with van der Waals surface area (Å²) in [7, 11) is 0. The summed E-state index contributed by atoms with van der Waals surface area (Å²) in [6, 6.07) is 12.3. The van der Waals surface area contributed by atoms with Gasteiger partial charge in [0, 0.05) is 10.9 Å². The molecule has 0 spiro atoms. The van der Waals surface area contributed by atoms with Crippen LogP contribution >= 0.6 is 11.6 Å². The van der Waals surface area contributed by atoms with E-state index < -0.39 is 5.82 Å². The predicted octanol–water partition coefficient (Wildman–Crippen LogP) is 4.09. The summed E-state index contributed by atoms with van der Waals surface area (Å²) < 4.78 is 13.2. The minimum atomic E-state index is -0.432. The summed E-state index contributed by atoms with van der Waals surface area (Å²) in [5, 5.41) is 1.01. The maximum atomic E-state index is 13.2. The van der Waals surface area contributed by atoms with Crippen molar-refractivity contribution >= 4 is 22.5 Å². The molecule has 2 nitrogen and oxygen atoms in total. The Morgan fingerprint density at radius 3 is 2.67 bits per heavy atom. The highest BCUT2D eigenvalue weighted by atomic mass is 35.5. The van der Waals surface area contributed by atoms with Crippen molar-refractivity contribution in [2.75, 3.05) is 0 Å². The van der Waals surface area contributed by atoms with Crippen LogP contribution in [0.2, 0.25) is 5.02 Å². The molecule has 18 heavy (non-hydrogen) atoms. The lowest BCUT2D eigenvalue weighted by Crippen LogP contribution is -1.89. The molecule has 0 aliphatic carbocycles. The first-order valence-corrected chi connectivity index (χ1v) is 5.78. The molecule has 0 amide bonds. The number of halogens is 2. The Morgan fingerprint density at radius 1 is 1.00 bits per heavy atom. The van der Waals surface area contributed by atoms with Crippen molar-refractivity contribution < 1.29 is 4.39 Å². The average molecular weight is 259 g/mol. The summed E-state index contributed by atoms with van der Waals surface area (Å²) in [5.41, 5.74) is 2.38. The van der Waals surface area contributed by atoms with Crippen molar-refractivity contribution in [3.63, 3.8) is 0 Å². The zero-order valence-corrected chi connectivity index (χ0v) is 10.0. The lowest BCUT2D eigenvalue weighted by molar-refractivity contribution is 0.628. The molecular weight excluding hydrogens is 251 g/mol. The Morgan fingerprint density at radius 2 is 1.83 bits per heavy atom. The molecule has 0 aliphatic rings. The molecule has 0 unspecified atom stereocenters. The number of fused-ring (bicyclic) bond motifs is 1. The van der Waals surface area contributed by atoms with Crippen molar-refractivity contribution in [3.05, 3.63) is 59.6 Å². The van der Waals surface area contributed by atoms with Gasteiger partial charge >= 0.3 is 0 Å². The summed E-state index contributed by atoms with van der Waals surface area (Å²) in [6.45, 7) is 0. The average Bonchev–Trinajstić information content (AvgIpc) is 2.41. The van der Waals surface area contributed by atoms with Crippen molar-refractivity contribution in [3.8, 4) is 11.3 Å². The molecule has 0 N–H and O–H groups in total. The SMILES string of the molecule is Fc1ccc(-c2ncnc3ccccc23)cc1Cl. The van der Waals surface area contributed by atoms with Crippen LogP contribution in [-0.4, -0.2) is 9.97 Å². The van der Waals surface area contributed by atoms with Gasteiger partial charge in [-0.2, -0.15) is 0 Å². The number of benzene rings is 2. The van der Waals surface area contributed by atoms with Crippen LogP contribution in [0.5, 0.6) is 0 Å². The molecule has 2 aromatic carbocycles. The van der Waals surface area contributed by atoms with E-state index in [-0.39, 0.29) is 5.02 Å². The molecule has 0 saturated carbocycles. The first-order valence-electron chi connectivity index (χ1n) is 5.41. The topological polar surface area (TPSA) is 25.8 Å². The quantitative estimate of drug-likeness (QED) is 0.657. The van der Waals surface area contributed by atoms with Crippen LogP contribution in [0.25, 0.3) is 22.2 Å². The Labute approximate surface area is 108 Å². The van der Waals surface area contributed by atoms with E-state index in [1.54, 1.807) is 12.1 Å². The van der Waals surface area contributed by atoms with Gasteiger partial charge in [0.2, 0.25) is 0 Å². The second-order valence-electron chi connectivity index (χ2n) is 3.87. The van der Waals surface area contributed by atoms with E-state index >= 15 is 0 Å². The predicted molar refractivity (Wildman–Crippen MR) is 69.9 cm³/mol. The van der Waals surface area contributed by atoms with E-state index in [9.17, 15) is 4.39 Å². The lowest BCUT2D eigenvalue weighted by atomic mass is 10.1. The number of rotatable bonds is 1. The van der Waals surface area contributed by atoms with Crippen molar-refractivity contribution in [1.82, 2.24) is 9.97 Å². The molecule has 0 fully saturated rings. The Hall–Kier alpha value is -2.00. The highest BCUT2D eigenvalue weighted by Gasteiger charge is 2.08. The number of hydrogen-bond acceptors (Lipinski definition) is 2. The number of aromatic nitrogens is 2. The highest BCUT2D eigenvalue weighted by Crippen LogP contribution is 2.28. The second kappa shape index (κ2) is 4.35. The molecule has 0 bridgehead atoms. The molecular formula is C14H8ClFN2. The maximum absolute atomic E-state index is 13.2. The van der Waals surface area contributed by atoms with Crippen LogP contribution in [0.15, 0.2) is 48.8 Å². The first-order chi connectivity index (χ1) is 8.75. The van der Waals surface area contributed by atoms with Gasteiger partial charge in [-0.05, 0) is 24.3 Å². The third kappa shape index (κ3) is 1.83. The molecule has 1 heterocycles. The summed E-state index contributed by atoms with van der Waals surface area (Å²) in [4.78, 5) is 8.44. The van der Waals surface area contributed by atoms with Gasteiger partial charge in [0.25, 0.3) is 0 Å². The second-order valence-corrected chi connectivity index (χ2v) is 4.28. The van der Waals surface area contributed by atoms with E-state index in [2.05, 4.69) is 9.97 Å². The molecule has 3 rings (SSSR count). The van der Waals surface area contributed by atoms with Crippen molar-refractivity contribution in [2.45, 2.75) is 0 Å². The van der Waals surface area contributed by atoms with E-state index in [1.807, 2.05) is 24.3 Å². The molecule has 4 heteroatoms. The van der Waals surface area contributed by atoms with Gasteiger partial charge in [-0.3, -0.25) is 0 Å². The molecule has 88 valence electrons. The van der Waals surface area contributed by atoms with E-state index in [0.717, 1.165) is 22.2 Å². The van der Waals surface area contributed by atoms with Gasteiger partial charge in [-0.25, -0.2) is 14.4 Å². The van der Waals surface area contributed by atoms with Crippen LogP contribution in [0, 0.1) is 5.82 Å². The summed E-state index contributed by atoms with van der Waals surface area (Å²) in [6.07, 6.45) is 1.49. The number of hydrogen-bond donors (Lipinski definition) is 0. The van der Waals surface area contributed by atoms with Crippen molar-refractivity contribution in [2.24, 2.45) is 0 Å². The van der Waals surface area contributed by atoms with Gasteiger partial charge in [0.1, 0.15) is 12.1 Å². The minimum absolute atomic E-state index is 0.0928. The molecule has 0 aliphatic heterocycles. The Bertz CT molecular complexity index is 723. The summed E-state index contributed by atoms with van der Waals surface area (Å²) in [5.74, 6) is -0.432. The lowest BCUT2D eigenvalue weighted by Gasteiger charge is -2.05. The van der Waals surface area contributed by atoms with Crippen LogP contribution in [0.4, 0.5) is 4.39 Å². The molecule has 0 saturated heterocycles. The van der Waals surface area contributed by atoms with Crippen LogP contribution in [0.1, 0.15) is 0 Å². The monoisotopic (exact) mass is 258 g/mol. The zero-order valence-electron chi connectivity index (χ0n) is 9.27. The van der Waals surface area contributed by atoms with Gasteiger partial charge in [0.05, 0.1) is 16.2 Å². The third-order valence-corrected chi connectivity index (χ3v) is 3.03. The largest absolute Gasteiger partial charge is 0.236 e. The van der Waals surface area contributed by atoms with Gasteiger partial charge in [0.15, 0.2) is 0 Å². The molecule has 0 atom stereocenters. The fourth-order valence-electron chi connectivity index (χ4n) is 1.88. The molecule has 1 aromatic heterocycles. The van der Waals surface area contributed by atoms with E-state index in [4.69, 9.17) is 11.6 Å². The maximum Gasteiger partial charge on any atom is 0.141 e. The normalized spacial score (nSPS) is 10.8. The van der Waals surface area contributed by atoms with E-state index in [0.29, 0.717) is 0 Å². The minimum Gasteiger partial charge on any atom is -0.236 e. The van der Waals surface area contributed by atoms with Crippen LogP contribution in [-0.2, 0) is 0 Å². The Balaban J connectivity index is 2.28. The molecule has 0 radical (unpaired) electrons. The van der Waals surface area contributed by atoms with E-state index in [1.165, 1.54) is 12.4 Å². The van der Waals surface area contributed by atoms with Crippen LogP contribution < -0.4 is 0 Å². The highest BCUT2D eigenvalue weighted by molar-refractivity contribution is 6.31. The zero-order chi connectivity index (χ0) is 12.5. The Kier molecular flexibility index (Phi) is 2.68. The smallest absolute Gasteiger partial charge is 0.141 e. The first kappa shape index (κ1) is 11.1. The van der Waals surface area contributed by atoms with Crippen LogP contribution in [0.3, 0.4) is 0 Å². The standard InChI is InChI=1S/C14H8ClFN2/c15-11-7-9(5-6-12(11)16)14-10-3-1-2-4-13(10)17-8-18-14/h1-8H. The van der Waals surface area contributed by atoms with Gasteiger partial charge < -0.3 is 0 Å². The number of nitrogens with zero attached hydrogens (tertiary/aromatic N) is 2. The third-order valence-electron chi connectivity index (χ3n) is 2.74. The fraction of sp³-hybridized carbons (Fsp3) is 0. The van der Waals surface area contributed by atoms with Gasteiger partial charge in [-0.15, -0.1) is 0 Å². The van der Waals surface area contributed by atoms with Gasteiger partial charge in [-0.1, -0.05) is 29.8 Å².